The minimum Gasteiger partial charge on any atom is -0.271 e. The normalized spacial score (nSPS) is 11.6. The monoisotopic (exact) mass is 945 g/mol. The lowest BCUT2D eigenvalue weighted by molar-refractivity contribution is -0.890. The van der Waals surface area contributed by atoms with Crippen molar-refractivity contribution >= 4 is 54.7 Å². The maximum Gasteiger partial charge on any atom is 0.230 e. The number of halogens is 21. The fraction of sp³-hybridized carbons (Fsp3) is 0.0833. The zero-order valence-electron chi connectivity index (χ0n) is 28.5. The molecule has 0 saturated heterocycles. The first-order valence-corrected chi connectivity index (χ1v) is 17.0. The molecule has 1 heterocycles. The highest BCUT2D eigenvalue weighted by Gasteiger charge is 2.52. The topological polar surface area (TPSA) is 13.1 Å². The molecule has 6 rings (SSSR count). The van der Waals surface area contributed by atoms with Crippen LogP contribution in [0, 0.1) is 116 Å². The van der Waals surface area contributed by atoms with E-state index in [0.29, 0.717) is 0 Å². The maximum atomic E-state index is 15.4. The van der Waals surface area contributed by atoms with Crippen molar-refractivity contribution in [2.45, 2.75) is 6.42 Å². The molecule has 24 heteroatoms. The van der Waals surface area contributed by atoms with Crippen LogP contribution in [0.1, 0.15) is 6.42 Å². The molecule has 60 heavy (non-hydrogen) atoms. The van der Waals surface area contributed by atoms with Gasteiger partial charge in [0, 0.05) is 16.1 Å². The summed E-state index contributed by atoms with van der Waals surface area (Å²) in [6.45, 7) is 0.730. The van der Waals surface area contributed by atoms with Crippen molar-refractivity contribution in [3.8, 4) is 0 Å². The summed E-state index contributed by atoms with van der Waals surface area (Å²) in [4.78, 5) is 5.54. The first-order chi connectivity index (χ1) is 28.1. The summed E-state index contributed by atoms with van der Waals surface area (Å²) in [6.07, 6.45) is -2.26. The quantitative estimate of drug-likeness (QED) is 0.0286. The second-order valence-electron chi connectivity index (χ2n) is 12.1. The van der Waals surface area contributed by atoms with Crippen molar-refractivity contribution in [3.05, 3.63) is 159 Å². The molecule has 1 aromatic heterocycles. The van der Waals surface area contributed by atoms with E-state index in [2.05, 4.69) is 34.1 Å². The van der Waals surface area contributed by atoms with Gasteiger partial charge in [0.1, 0.15) is 52.7 Å². The number of benzene rings is 5. The summed E-state index contributed by atoms with van der Waals surface area (Å²) in [5.41, 5.74) is -14.3. The van der Waals surface area contributed by atoms with E-state index in [1.165, 1.54) is 10.8 Å². The van der Waals surface area contributed by atoms with Gasteiger partial charge in [-0.1, -0.05) is 34.1 Å². The van der Waals surface area contributed by atoms with Gasteiger partial charge in [-0.2, -0.15) is 0 Å². The zero-order valence-corrected chi connectivity index (χ0v) is 30.1. The molecular formula is C36H13BBrF20NO. The van der Waals surface area contributed by atoms with Crippen LogP contribution in [0.5, 0.6) is 0 Å². The van der Waals surface area contributed by atoms with Gasteiger partial charge < -0.3 is 0 Å². The Morgan fingerprint density at radius 2 is 0.650 bits per heavy atom. The number of fused-ring (bicyclic) bond motifs is 1. The minimum atomic E-state index is -7.22. The van der Waals surface area contributed by atoms with E-state index in [0.717, 1.165) is 18.4 Å². The molecule has 0 aliphatic heterocycles. The predicted molar refractivity (Wildman–Crippen MR) is 173 cm³/mol. The van der Waals surface area contributed by atoms with Gasteiger partial charge in [0.2, 0.25) is 12.4 Å². The van der Waals surface area contributed by atoms with Crippen LogP contribution in [0.2, 0.25) is 0 Å². The second kappa shape index (κ2) is 17.2. The Hall–Kier alpha value is -5.55. The van der Waals surface area contributed by atoms with Crippen LogP contribution >= 0.6 is 15.9 Å². The SMILES string of the molecule is BrCCCO[n+]1ccc2ccccc2c1.Fc1c(F)c(F)c([B-](c2c(F)c(F)c(F)c(F)c2F)(c2c(F)c(F)c(F)c(F)c2F)c2c(F)c(F)c(F)c(F)c2F)c(F)c1F. The lowest BCUT2D eigenvalue weighted by Gasteiger charge is -2.44. The van der Waals surface area contributed by atoms with E-state index in [9.17, 15) is 52.7 Å². The molecule has 0 amide bonds. The van der Waals surface area contributed by atoms with Gasteiger partial charge in [0.15, 0.2) is 76.4 Å². The average Bonchev–Trinajstić information content (AvgIpc) is 3.23. The van der Waals surface area contributed by atoms with E-state index in [-0.39, 0.29) is 0 Å². The second-order valence-corrected chi connectivity index (χ2v) is 12.9. The highest BCUT2D eigenvalue weighted by molar-refractivity contribution is 9.09. The molecule has 0 unspecified atom stereocenters. The van der Waals surface area contributed by atoms with E-state index in [1.807, 2.05) is 24.5 Å². The lowest BCUT2D eigenvalue weighted by Crippen LogP contribution is -2.81. The third-order valence-corrected chi connectivity index (χ3v) is 9.45. The van der Waals surface area contributed by atoms with Crippen LogP contribution in [0.15, 0.2) is 42.7 Å². The van der Waals surface area contributed by atoms with Gasteiger partial charge in [0.25, 0.3) is 0 Å². The van der Waals surface area contributed by atoms with Crippen molar-refractivity contribution in [3.63, 3.8) is 0 Å². The molecule has 0 atom stereocenters. The van der Waals surface area contributed by atoms with Gasteiger partial charge in [-0.15, -0.1) is 21.9 Å². The number of pyridine rings is 1. The van der Waals surface area contributed by atoms with Crippen molar-refractivity contribution in [2.24, 2.45) is 0 Å². The van der Waals surface area contributed by atoms with Crippen LogP contribution in [0.25, 0.3) is 10.8 Å². The number of hydrogen-bond donors (Lipinski definition) is 0. The van der Waals surface area contributed by atoms with Crippen molar-refractivity contribution in [1.29, 1.82) is 0 Å². The first kappa shape index (κ1) is 45.5. The third-order valence-electron chi connectivity index (χ3n) is 8.89. The molecule has 0 spiro atoms. The highest BCUT2D eigenvalue weighted by Crippen LogP contribution is 2.30. The van der Waals surface area contributed by atoms with E-state index < -0.39 is 144 Å². The molecule has 2 nitrogen and oxygen atoms in total. The molecule has 0 fully saturated rings. The predicted octanol–water partition coefficient (Wildman–Crippen LogP) is 8.19. The largest absolute Gasteiger partial charge is 0.271 e. The van der Waals surface area contributed by atoms with Crippen molar-refractivity contribution < 1.29 is 97.4 Å². The number of aromatic nitrogens is 1. The molecule has 0 aliphatic carbocycles. The highest BCUT2D eigenvalue weighted by atomic mass is 79.9. The zero-order chi connectivity index (χ0) is 44.9. The molecule has 318 valence electrons. The van der Waals surface area contributed by atoms with Crippen LogP contribution < -0.4 is 31.4 Å². The summed E-state index contributed by atoms with van der Waals surface area (Å²) in [5, 5.41) is 3.40. The third kappa shape index (κ3) is 7.14. The van der Waals surface area contributed by atoms with E-state index >= 15 is 35.1 Å². The Kier molecular flexibility index (Phi) is 13.1. The number of alkyl halides is 1. The molecule has 0 radical (unpaired) electrons. The summed E-state index contributed by atoms with van der Waals surface area (Å²) < 4.78 is 296. The lowest BCUT2D eigenvalue weighted by atomic mass is 9.12. The van der Waals surface area contributed by atoms with Crippen LogP contribution in [0.3, 0.4) is 0 Å². The summed E-state index contributed by atoms with van der Waals surface area (Å²) in [5.74, 6) is -71.4. The van der Waals surface area contributed by atoms with Crippen molar-refractivity contribution in [2.75, 3.05) is 11.9 Å². The van der Waals surface area contributed by atoms with E-state index in [4.69, 9.17) is 4.84 Å². The Morgan fingerprint density at radius 1 is 0.383 bits per heavy atom. The fourth-order valence-corrected chi connectivity index (χ4v) is 6.52. The summed E-state index contributed by atoms with van der Waals surface area (Å²) >= 11 is 3.37. The van der Waals surface area contributed by atoms with Gasteiger partial charge in [-0.05, 0) is 17.9 Å². The fourth-order valence-electron chi connectivity index (χ4n) is 6.29. The Balaban J connectivity index is 0.000000379. The van der Waals surface area contributed by atoms with E-state index in [1.54, 1.807) is 4.73 Å². The molecule has 0 N–H and O–H groups in total. The van der Waals surface area contributed by atoms with Crippen LogP contribution in [-0.4, -0.2) is 18.1 Å². The number of nitrogens with zero attached hydrogens (tertiary/aromatic N) is 1. The summed E-state index contributed by atoms with van der Waals surface area (Å²) in [7, 11) is 0. The first-order valence-electron chi connectivity index (χ1n) is 15.9. The van der Waals surface area contributed by atoms with Gasteiger partial charge in [-0.3, -0.25) is 4.84 Å². The number of rotatable bonds is 8. The summed E-state index contributed by atoms with van der Waals surface area (Å²) in [6, 6.07) is 10.3. The Morgan fingerprint density at radius 3 is 0.933 bits per heavy atom. The van der Waals surface area contributed by atoms with Gasteiger partial charge in [0.05, 0.1) is 5.39 Å². The molecular weight excluding hydrogens is 933 g/mol. The molecule has 0 saturated carbocycles. The van der Waals surface area contributed by atoms with Gasteiger partial charge in [-0.25, -0.2) is 87.8 Å². The Labute approximate surface area is 329 Å². The standard InChI is InChI=1S/C24BF20.C12H13BrNO/c26-5-1(6(27)14(35)21(42)13(5)34)25(2-7(28)15(36)22(43)16(37)8(2)29,3-9(30)17(38)23(44)18(39)10(3)31)4-11(32)19(40)24(45)20(41)12(4)33;13-7-3-9-15-14-8-6-11-4-1-2-5-12(11)10-14/h;1-2,4-6,8,10H,3,7,9H2/q-1;+1. The smallest absolute Gasteiger partial charge is 0.230 e. The molecule has 6 aromatic rings. The maximum absolute atomic E-state index is 15.4. The minimum absolute atomic E-state index is 0.730. The molecule has 5 aromatic carbocycles. The average molecular weight is 946 g/mol. The number of hydrogen-bond acceptors (Lipinski definition) is 1. The molecule has 0 aliphatic rings. The molecule has 0 bridgehead atoms. The Bertz CT molecular complexity index is 2320. The van der Waals surface area contributed by atoms with Crippen LogP contribution in [-0.2, 0) is 0 Å². The van der Waals surface area contributed by atoms with Crippen LogP contribution in [0.4, 0.5) is 87.8 Å². The van der Waals surface area contributed by atoms with Crippen molar-refractivity contribution in [1.82, 2.24) is 0 Å². The van der Waals surface area contributed by atoms with Gasteiger partial charge >= 0.3 is 0 Å².